The molecule has 0 N–H and O–H groups in total. The van der Waals surface area contributed by atoms with Crippen LogP contribution in [0.15, 0.2) is 46.1 Å². The van der Waals surface area contributed by atoms with Crippen molar-refractivity contribution in [1.29, 1.82) is 0 Å². The minimum atomic E-state index is -0.316. The standard InChI is InChI=1S/C22H25N5O2/c1-15-14-26-18-19(23-21(26)27(15)17-10-6-7-11-17)24(2)22(29)25(20(18)28)13-12-16-8-4-3-5-9-16/h3-5,8-9,14,17H,6-7,10-13H2,1-2H3. The molecule has 5 rings (SSSR count). The number of rotatable bonds is 4. The molecule has 0 atom stereocenters. The Morgan fingerprint density at radius 1 is 1.10 bits per heavy atom. The molecule has 0 aliphatic heterocycles. The van der Waals surface area contributed by atoms with E-state index in [1.54, 1.807) is 7.05 Å². The van der Waals surface area contributed by atoms with Gasteiger partial charge in [-0.05, 0) is 31.7 Å². The van der Waals surface area contributed by atoms with Crippen LogP contribution in [0.2, 0.25) is 0 Å². The Hall–Kier alpha value is -3.09. The van der Waals surface area contributed by atoms with Crippen LogP contribution in [0.3, 0.4) is 0 Å². The van der Waals surface area contributed by atoms with Crippen molar-refractivity contribution < 1.29 is 0 Å². The quantitative estimate of drug-likeness (QED) is 0.537. The van der Waals surface area contributed by atoms with Crippen molar-refractivity contribution in [3.8, 4) is 0 Å². The average Bonchev–Trinajstić information content (AvgIpc) is 3.42. The molecule has 4 aromatic rings. The summed E-state index contributed by atoms with van der Waals surface area (Å²) in [7, 11) is 1.70. The van der Waals surface area contributed by atoms with E-state index in [9.17, 15) is 9.59 Å². The van der Waals surface area contributed by atoms with Gasteiger partial charge in [0, 0.05) is 31.5 Å². The van der Waals surface area contributed by atoms with E-state index >= 15 is 0 Å². The molecule has 1 fully saturated rings. The van der Waals surface area contributed by atoms with E-state index in [-0.39, 0.29) is 11.2 Å². The van der Waals surface area contributed by atoms with E-state index in [1.165, 1.54) is 22.0 Å². The van der Waals surface area contributed by atoms with Gasteiger partial charge in [0.25, 0.3) is 5.56 Å². The molecule has 1 aliphatic carbocycles. The van der Waals surface area contributed by atoms with Crippen LogP contribution in [0.5, 0.6) is 0 Å². The molecule has 3 heterocycles. The highest BCUT2D eigenvalue weighted by molar-refractivity contribution is 5.75. The SMILES string of the molecule is Cc1cn2c3c(=O)n(CCc4ccccc4)c(=O)n(C)c3nc2n1C1CCCC1. The molecule has 0 bridgehead atoms. The van der Waals surface area contributed by atoms with Gasteiger partial charge in [-0.1, -0.05) is 43.2 Å². The zero-order valence-electron chi connectivity index (χ0n) is 16.8. The molecule has 0 radical (unpaired) electrons. The molecule has 7 nitrogen and oxygen atoms in total. The van der Waals surface area contributed by atoms with Gasteiger partial charge < -0.3 is 4.57 Å². The fourth-order valence-corrected chi connectivity index (χ4v) is 4.72. The van der Waals surface area contributed by atoms with Crippen LogP contribution >= 0.6 is 0 Å². The van der Waals surface area contributed by atoms with E-state index in [0.29, 0.717) is 30.2 Å². The molecule has 1 aliphatic rings. The minimum Gasteiger partial charge on any atom is -0.311 e. The van der Waals surface area contributed by atoms with Gasteiger partial charge in [0.1, 0.15) is 0 Å². The maximum Gasteiger partial charge on any atom is 0.332 e. The second-order valence-electron chi connectivity index (χ2n) is 8.07. The first-order valence-electron chi connectivity index (χ1n) is 10.3. The molecule has 0 unspecified atom stereocenters. The lowest BCUT2D eigenvalue weighted by Gasteiger charge is -2.13. The highest BCUT2D eigenvalue weighted by atomic mass is 16.2. The van der Waals surface area contributed by atoms with E-state index in [2.05, 4.69) is 11.5 Å². The van der Waals surface area contributed by atoms with Crippen LogP contribution in [0, 0.1) is 6.92 Å². The summed E-state index contributed by atoms with van der Waals surface area (Å²) in [5.74, 6) is 0.761. The van der Waals surface area contributed by atoms with Gasteiger partial charge >= 0.3 is 5.69 Å². The molecule has 7 heteroatoms. The third-order valence-corrected chi connectivity index (χ3v) is 6.23. The predicted octanol–water partition coefficient (Wildman–Crippen LogP) is 2.82. The molecule has 0 spiro atoms. The lowest BCUT2D eigenvalue weighted by molar-refractivity contribution is 0.520. The normalized spacial score (nSPS) is 15.1. The molecular weight excluding hydrogens is 366 g/mol. The highest BCUT2D eigenvalue weighted by Crippen LogP contribution is 2.32. The molecular formula is C22H25N5O2. The van der Waals surface area contributed by atoms with Gasteiger partial charge in [-0.25, -0.2) is 4.79 Å². The van der Waals surface area contributed by atoms with Crippen molar-refractivity contribution >= 4 is 16.9 Å². The summed E-state index contributed by atoms with van der Waals surface area (Å²) in [5.41, 5.74) is 2.56. The monoisotopic (exact) mass is 391 g/mol. The number of benzene rings is 1. The maximum absolute atomic E-state index is 13.3. The summed E-state index contributed by atoms with van der Waals surface area (Å²) in [6.07, 6.45) is 7.32. The molecule has 1 saturated carbocycles. The molecule has 0 amide bonds. The third kappa shape index (κ3) is 2.75. The third-order valence-electron chi connectivity index (χ3n) is 6.23. The number of fused-ring (bicyclic) bond motifs is 3. The maximum atomic E-state index is 13.3. The Morgan fingerprint density at radius 3 is 2.55 bits per heavy atom. The summed E-state index contributed by atoms with van der Waals surface area (Å²) in [6.45, 7) is 2.41. The largest absolute Gasteiger partial charge is 0.332 e. The summed E-state index contributed by atoms with van der Waals surface area (Å²) < 4.78 is 6.96. The van der Waals surface area contributed by atoms with Crippen LogP contribution in [-0.2, 0) is 20.0 Å². The molecule has 150 valence electrons. The van der Waals surface area contributed by atoms with Gasteiger partial charge in [0.05, 0.1) is 0 Å². The Bertz CT molecular complexity index is 1320. The topological polar surface area (TPSA) is 66.2 Å². The summed E-state index contributed by atoms with van der Waals surface area (Å²) in [4.78, 5) is 31.0. The van der Waals surface area contributed by atoms with E-state index in [0.717, 1.165) is 29.9 Å². The van der Waals surface area contributed by atoms with Crippen molar-refractivity contribution in [2.45, 2.75) is 51.6 Å². The Balaban J connectivity index is 1.68. The lowest BCUT2D eigenvalue weighted by Crippen LogP contribution is -2.39. The summed E-state index contributed by atoms with van der Waals surface area (Å²) in [5, 5.41) is 0. The molecule has 29 heavy (non-hydrogen) atoms. The van der Waals surface area contributed by atoms with Crippen molar-refractivity contribution in [2.75, 3.05) is 0 Å². The van der Waals surface area contributed by atoms with Gasteiger partial charge in [0.15, 0.2) is 11.2 Å². The number of nitrogens with zero attached hydrogens (tertiary/aromatic N) is 5. The van der Waals surface area contributed by atoms with E-state index < -0.39 is 0 Å². The molecule has 1 aromatic carbocycles. The van der Waals surface area contributed by atoms with Crippen molar-refractivity contribution in [3.63, 3.8) is 0 Å². The Kier molecular flexibility index (Phi) is 4.19. The smallest absolute Gasteiger partial charge is 0.311 e. The fraction of sp³-hybridized carbons (Fsp3) is 0.409. The van der Waals surface area contributed by atoms with Gasteiger partial charge in [-0.2, -0.15) is 4.98 Å². The average molecular weight is 391 g/mol. The Morgan fingerprint density at radius 2 is 1.83 bits per heavy atom. The van der Waals surface area contributed by atoms with Gasteiger partial charge in [0.2, 0.25) is 5.78 Å². The van der Waals surface area contributed by atoms with Crippen molar-refractivity contribution in [3.05, 3.63) is 68.6 Å². The molecule has 0 saturated heterocycles. The number of imidazole rings is 2. The highest BCUT2D eigenvalue weighted by Gasteiger charge is 2.25. The van der Waals surface area contributed by atoms with Crippen molar-refractivity contribution in [1.82, 2.24) is 23.1 Å². The van der Waals surface area contributed by atoms with Gasteiger partial charge in [-0.15, -0.1) is 0 Å². The fourth-order valence-electron chi connectivity index (χ4n) is 4.72. The predicted molar refractivity (Wildman–Crippen MR) is 113 cm³/mol. The van der Waals surface area contributed by atoms with E-state index in [1.807, 2.05) is 40.9 Å². The minimum absolute atomic E-state index is 0.268. The van der Waals surface area contributed by atoms with Crippen LogP contribution < -0.4 is 11.2 Å². The van der Waals surface area contributed by atoms with Crippen LogP contribution in [-0.4, -0.2) is 23.1 Å². The van der Waals surface area contributed by atoms with Crippen molar-refractivity contribution in [2.24, 2.45) is 7.05 Å². The lowest BCUT2D eigenvalue weighted by atomic mass is 10.1. The van der Waals surface area contributed by atoms with Crippen LogP contribution in [0.1, 0.15) is 43.0 Å². The number of aromatic nitrogens is 5. The molecule has 3 aromatic heterocycles. The van der Waals surface area contributed by atoms with E-state index in [4.69, 9.17) is 4.98 Å². The second kappa shape index (κ2) is 6.76. The zero-order valence-corrected chi connectivity index (χ0v) is 16.8. The van der Waals surface area contributed by atoms with Gasteiger partial charge in [-0.3, -0.25) is 18.3 Å². The zero-order chi connectivity index (χ0) is 20.1. The Labute approximate surface area is 167 Å². The van der Waals surface area contributed by atoms with Crippen LogP contribution in [0.4, 0.5) is 0 Å². The first-order chi connectivity index (χ1) is 14.1. The number of hydrogen-bond donors (Lipinski definition) is 0. The number of hydrogen-bond acceptors (Lipinski definition) is 3. The summed E-state index contributed by atoms with van der Waals surface area (Å²) in [6, 6.07) is 10.3. The van der Waals surface area contributed by atoms with Crippen LogP contribution in [0.25, 0.3) is 16.9 Å². The number of aryl methyl sites for hydroxylation is 3. The first-order valence-corrected chi connectivity index (χ1v) is 10.3. The first kappa shape index (κ1) is 18.0. The summed E-state index contributed by atoms with van der Waals surface area (Å²) >= 11 is 0. The second-order valence-corrected chi connectivity index (χ2v) is 8.07.